The minimum absolute atomic E-state index is 0.0815. The third-order valence-corrected chi connectivity index (χ3v) is 8.58. The van der Waals surface area contributed by atoms with Crippen molar-refractivity contribution in [3.8, 4) is 11.1 Å². The van der Waals surface area contributed by atoms with Crippen molar-refractivity contribution in [2.45, 2.75) is 39.4 Å². The molecule has 1 aliphatic rings. The molecule has 0 saturated heterocycles. The van der Waals surface area contributed by atoms with Crippen LogP contribution in [0.1, 0.15) is 64.4 Å². The van der Waals surface area contributed by atoms with Crippen LogP contribution in [0.2, 0.25) is 15.3 Å². The van der Waals surface area contributed by atoms with Gasteiger partial charge in [0.15, 0.2) is 0 Å². The second-order valence-electron chi connectivity index (χ2n) is 11.2. The molecule has 0 spiro atoms. The van der Waals surface area contributed by atoms with Gasteiger partial charge in [0.1, 0.15) is 10.3 Å². The summed E-state index contributed by atoms with van der Waals surface area (Å²) in [4.78, 5) is 29.0. The Hall–Kier alpha value is -4.21. The zero-order valence-corrected chi connectivity index (χ0v) is 28.1. The quantitative estimate of drug-likeness (QED) is 0.181. The summed E-state index contributed by atoms with van der Waals surface area (Å²) in [5.74, 6) is -0.560. The number of carbonyl (C=O) groups excluding carboxylic acids is 2. The fourth-order valence-electron chi connectivity index (χ4n) is 5.49. The molecule has 8 nitrogen and oxygen atoms in total. The maximum Gasteiger partial charge on any atom is 0.260 e. The first-order chi connectivity index (χ1) is 21.9. The maximum absolute atomic E-state index is 12.6. The Morgan fingerprint density at radius 3 is 2.22 bits per heavy atom. The molecule has 2 aromatic heterocycles. The predicted octanol–water partition coefficient (Wildman–Crippen LogP) is 9.27. The van der Waals surface area contributed by atoms with E-state index in [9.17, 15) is 9.59 Å². The number of fused-ring (bicyclic) bond motifs is 1. The molecule has 1 aliphatic heterocycles. The topological polar surface area (TPSA) is 98.1 Å². The number of rotatable bonds is 5. The molecule has 0 bridgehead atoms. The van der Waals surface area contributed by atoms with Gasteiger partial charge in [-0.2, -0.15) is 5.10 Å². The Bertz CT molecular complexity index is 1920. The number of aryl methyl sites for hydroxylation is 2. The molecule has 3 aromatic carbocycles. The standard InChI is InChI=1S/C18H12Cl2N2O.C17H20ClN3O2/c19-13-9-7-12(8-10-13)14-4-1-2-6-16(14)22-18(23)15-5-3-11-21-17(15)20;1-9-13(15(18)21(5)20-9)16(22)19-12-8-6-7-11-14(12)10(2)23-17(11,3)4/h1-11H,(H,22,23);6-8,10H,1-5H3,(H,19,22). The number of amides is 2. The minimum atomic E-state index is -0.364. The number of nitrogens with one attached hydrogen (secondary N) is 2. The average molecular weight is 677 g/mol. The van der Waals surface area contributed by atoms with E-state index in [1.807, 2.05) is 87.5 Å². The molecule has 46 heavy (non-hydrogen) atoms. The number of carbonyl (C=O) groups is 2. The normalized spacial score (nSPS) is 14.6. The number of ether oxygens (including phenoxy) is 1. The van der Waals surface area contributed by atoms with E-state index in [2.05, 4.69) is 20.7 Å². The Labute approximate surface area is 282 Å². The number of nitrogens with zero attached hydrogens (tertiary/aromatic N) is 3. The Morgan fingerprint density at radius 1 is 0.870 bits per heavy atom. The average Bonchev–Trinajstić information content (AvgIpc) is 3.42. The van der Waals surface area contributed by atoms with Gasteiger partial charge < -0.3 is 15.4 Å². The number of benzene rings is 3. The van der Waals surface area contributed by atoms with E-state index < -0.39 is 0 Å². The Kier molecular flexibility index (Phi) is 9.84. The minimum Gasteiger partial charge on any atom is -0.363 e. The molecule has 2 N–H and O–H groups in total. The lowest BCUT2D eigenvalue weighted by Gasteiger charge is -2.19. The van der Waals surface area contributed by atoms with E-state index in [0.717, 1.165) is 27.9 Å². The van der Waals surface area contributed by atoms with Gasteiger partial charge in [0.2, 0.25) is 0 Å². The summed E-state index contributed by atoms with van der Waals surface area (Å²) in [5, 5.41) is 11.2. The third-order valence-electron chi connectivity index (χ3n) is 7.59. The molecule has 236 valence electrons. The lowest BCUT2D eigenvalue weighted by molar-refractivity contribution is -0.0434. The number of halogens is 3. The van der Waals surface area contributed by atoms with E-state index in [4.69, 9.17) is 39.5 Å². The van der Waals surface area contributed by atoms with Gasteiger partial charge in [-0.25, -0.2) is 4.98 Å². The number of pyridine rings is 1. The van der Waals surface area contributed by atoms with Gasteiger partial charge in [-0.3, -0.25) is 14.3 Å². The molecule has 5 aromatic rings. The van der Waals surface area contributed by atoms with Crippen LogP contribution >= 0.6 is 34.8 Å². The van der Waals surface area contributed by atoms with Gasteiger partial charge in [0.05, 0.1) is 28.5 Å². The van der Waals surface area contributed by atoms with Crippen LogP contribution in [0.15, 0.2) is 85.1 Å². The van der Waals surface area contributed by atoms with Gasteiger partial charge in [-0.15, -0.1) is 0 Å². The number of aromatic nitrogens is 3. The summed E-state index contributed by atoms with van der Waals surface area (Å²) in [7, 11) is 1.71. The van der Waals surface area contributed by atoms with Crippen molar-refractivity contribution in [1.29, 1.82) is 0 Å². The van der Waals surface area contributed by atoms with Crippen LogP contribution in [0.5, 0.6) is 0 Å². The highest BCUT2D eigenvalue weighted by Crippen LogP contribution is 2.46. The Morgan fingerprint density at radius 2 is 1.54 bits per heavy atom. The molecule has 1 atom stereocenters. The second kappa shape index (κ2) is 13.6. The summed E-state index contributed by atoms with van der Waals surface area (Å²) < 4.78 is 7.50. The van der Waals surface area contributed by atoms with Gasteiger partial charge >= 0.3 is 0 Å². The van der Waals surface area contributed by atoms with Gasteiger partial charge in [0.25, 0.3) is 11.8 Å². The zero-order valence-electron chi connectivity index (χ0n) is 25.9. The molecule has 1 unspecified atom stereocenters. The first kappa shape index (κ1) is 33.2. The number of anilines is 2. The lowest BCUT2D eigenvalue weighted by atomic mass is 9.93. The summed E-state index contributed by atoms with van der Waals surface area (Å²) in [6.45, 7) is 7.82. The molecule has 0 saturated carbocycles. The molecule has 0 fully saturated rings. The number of hydrogen-bond acceptors (Lipinski definition) is 5. The highest BCUT2D eigenvalue weighted by atomic mass is 35.5. The summed E-state index contributed by atoms with van der Waals surface area (Å²) in [6, 6.07) is 24.1. The fraction of sp³-hybridized carbons (Fsp3) is 0.200. The first-order valence-corrected chi connectivity index (χ1v) is 15.6. The lowest BCUT2D eigenvalue weighted by Crippen LogP contribution is -2.16. The Balaban J connectivity index is 0.000000181. The molecule has 3 heterocycles. The number of hydrogen-bond donors (Lipinski definition) is 2. The first-order valence-electron chi connectivity index (χ1n) is 14.5. The van der Waals surface area contributed by atoms with Gasteiger partial charge in [0, 0.05) is 40.8 Å². The van der Waals surface area contributed by atoms with Gasteiger partial charge in [-0.05, 0) is 75.2 Å². The van der Waals surface area contributed by atoms with Crippen molar-refractivity contribution in [2.24, 2.45) is 7.05 Å². The highest BCUT2D eigenvalue weighted by molar-refractivity contribution is 6.34. The fourth-order valence-corrected chi connectivity index (χ4v) is 6.08. The van der Waals surface area contributed by atoms with Gasteiger partial charge in [-0.1, -0.05) is 77.3 Å². The SMILES string of the molecule is Cc1nn(C)c(Cl)c1C(=O)Nc1cccc2c1C(C)OC2(C)C.O=C(Nc1ccccc1-c1ccc(Cl)cc1)c1cccnc1Cl. The van der Waals surface area contributed by atoms with Crippen LogP contribution in [0.4, 0.5) is 11.4 Å². The molecule has 2 amide bonds. The van der Waals surface area contributed by atoms with E-state index in [-0.39, 0.29) is 28.7 Å². The molecule has 0 aliphatic carbocycles. The predicted molar refractivity (Wildman–Crippen MR) is 184 cm³/mol. The van der Waals surface area contributed by atoms with Crippen molar-refractivity contribution in [2.75, 3.05) is 10.6 Å². The van der Waals surface area contributed by atoms with Crippen molar-refractivity contribution in [3.05, 3.63) is 128 Å². The van der Waals surface area contributed by atoms with Crippen molar-refractivity contribution >= 4 is 58.0 Å². The van der Waals surface area contributed by atoms with E-state index in [0.29, 0.717) is 32.7 Å². The van der Waals surface area contributed by atoms with Crippen LogP contribution in [-0.2, 0) is 17.4 Å². The van der Waals surface area contributed by atoms with E-state index in [1.165, 1.54) is 4.68 Å². The van der Waals surface area contributed by atoms with Crippen molar-refractivity contribution in [3.63, 3.8) is 0 Å². The van der Waals surface area contributed by atoms with E-state index >= 15 is 0 Å². The molecule has 11 heteroatoms. The summed E-state index contributed by atoms with van der Waals surface area (Å²) >= 11 is 18.1. The monoisotopic (exact) mass is 675 g/mol. The molecule has 6 rings (SSSR count). The second-order valence-corrected chi connectivity index (χ2v) is 12.4. The highest BCUT2D eigenvalue weighted by Gasteiger charge is 2.37. The molecule has 0 radical (unpaired) electrons. The summed E-state index contributed by atoms with van der Waals surface area (Å²) in [5.41, 5.74) is 6.40. The third kappa shape index (κ3) is 6.95. The zero-order chi connectivity index (χ0) is 33.2. The van der Waals surface area contributed by atoms with Crippen LogP contribution in [0.3, 0.4) is 0 Å². The van der Waals surface area contributed by atoms with Crippen molar-refractivity contribution < 1.29 is 14.3 Å². The van der Waals surface area contributed by atoms with Crippen molar-refractivity contribution in [1.82, 2.24) is 14.8 Å². The number of para-hydroxylation sites is 1. The largest absolute Gasteiger partial charge is 0.363 e. The van der Waals surface area contributed by atoms with Crippen LogP contribution in [0, 0.1) is 6.92 Å². The smallest absolute Gasteiger partial charge is 0.260 e. The summed E-state index contributed by atoms with van der Waals surface area (Å²) in [6.07, 6.45) is 1.46. The molecular formula is C35H32Cl3N5O3. The van der Waals surface area contributed by atoms with E-state index in [1.54, 1.807) is 32.3 Å². The molecular weight excluding hydrogens is 645 g/mol. The van der Waals surface area contributed by atoms with Crippen LogP contribution in [0.25, 0.3) is 11.1 Å². The maximum atomic E-state index is 12.6. The van der Waals surface area contributed by atoms with Crippen LogP contribution < -0.4 is 10.6 Å². The van der Waals surface area contributed by atoms with Crippen LogP contribution in [-0.4, -0.2) is 26.6 Å².